The van der Waals surface area contributed by atoms with Crippen LogP contribution in [0.2, 0.25) is 0 Å². The van der Waals surface area contributed by atoms with E-state index >= 15 is 0 Å². The number of rotatable bonds is 5. The highest BCUT2D eigenvalue weighted by molar-refractivity contribution is 5.82. The first-order valence-corrected chi connectivity index (χ1v) is 8.54. The number of nitrogens with zero attached hydrogens (tertiary/aromatic N) is 3. The number of imidazole rings is 1. The third kappa shape index (κ3) is 4.17. The van der Waals surface area contributed by atoms with Gasteiger partial charge in [-0.15, -0.1) is 13.2 Å². The molecule has 0 amide bonds. The molecule has 2 aromatic carbocycles. The summed E-state index contributed by atoms with van der Waals surface area (Å²) in [5.41, 5.74) is 2.06. The molecule has 30 heavy (non-hydrogen) atoms. The second-order valence-electron chi connectivity index (χ2n) is 6.09. The van der Waals surface area contributed by atoms with E-state index in [4.69, 9.17) is 0 Å². The molecule has 0 aliphatic heterocycles. The number of pyridine rings is 1. The van der Waals surface area contributed by atoms with Gasteiger partial charge in [-0.05, 0) is 42.5 Å². The zero-order valence-electron chi connectivity index (χ0n) is 15.0. The molecule has 2 heterocycles. The maximum Gasteiger partial charge on any atom is 0.573 e. The summed E-state index contributed by atoms with van der Waals surface area (Å²) in [5, 5.41) is 0. The van der Waals surface area contributed by atoms with E-state index in [1.165, 1.54) is 42.9 Å². The smallest absolute Gasteiger partial charge is 0.435 e. The highest BCUT2D eigenvalue weighted by Crippen LogP contribution is 2.34. The van der Waals surface area contributed by atoms with Crippen molar-refractivity contribution in [3.05, 3.63) is 67.1 Å². The van der Waals surface area contributed by atoms with Crippen molar-refractivity contribution in [2.24, 2.45) is 0 Å². The summed E-state index contributed by atoms with van der Waals surface area (Å²) < 4.78 is 72.9. The minimum Gasteiger partial charge on any atom is -0.435 e. The number of halogens is 5. The van der Waals surface area contributed by atoms with E-state index in [9.17, 15) is 22.0 Å². The van der Waals surface area contributed by atoms with Gasteiger partial charge in [-0.1, -0.05) is 12.1 Å². The second-order valence-corrected chi connectivity index (χ2v) is 6.09. The predicted octanol–water partition coefficient (Wildman–Crippen LogP) is 5.59. The van der Waals surface area contributed by atoms with Crippen LogP contribution in [-0.4, -0.2) is 27.5 Å². The van der Waals surface area contributed by atoms with E-state index in [0.29, 0.717) is 16.7 Å². The molecular weight excluding hydrogens is 409 g/mol. The Balaban J connectivity index is 1.74. The molecule has 0 spiro atoms. The van der Waals surface area contributed by atoms with Gasteiger partial charge in [0.25, 0.3) is 0 Å². The first-order chi connectivity index (χ1) is 14.3. The first kappa shape index (κ1) is 19.6. The fraction of sp³-hybridized carbons (Fsp3) is 0.100. The largest absolute Gasteiger partial charge is 0.573 e. The summed E-state index contributed by atoms with van der Waals surface area (Å²) in [6.45, 7) is -2.93. The van der Waals surface area contributed by atoms with Gasteiger partial charge in [0.05, 0.1) is 17.4 Å². The zero-order valence-corrected chi connectivity index (χ0v) is 15.0. The SMILES string of the molecule is FC(F)Oc1ccc(-n2cnc3cnc(-c4ccccc4OC(F)(F)F)cc32)cc1. The molecular formula is C20H12F5N3O2. The van der Waals surface area contributed by atoms with E-state index in [2.05, 4.69) is 19.4 Å². The predicted molar refractivity (Wildman–Crippen MR) is 97.6 cm³/mol. The summed E-state index contributed by atoms with van der Waals surface area (Å²) >= 11 is 0. The Morgan fingerprint density at radius 2 is 1.67 bits per heavy atom. The summed E-state index contributed by atoms with van der Waals surface area (Å²) in [7, 11) is 0. The summed E-state index contributed by atoms with van der Waals surface area (Å²) in [4.78, 5) is 8.42. The normalized spacial score (nSPS) is 11.8. The lowest BCUT2D eigenvalue weighted by molar-refractivity contribution is -0.274. The Morgan fingerprint density at radius 3 is 2.37 bits per heavy atom. The first-order valence-electron chi connectivity index (χ1n) is 8.54. The Kier molecular flexibility index (Phi) is 4.98. The highest BCUT2D eigenvalue weighted by atomic mass is 19.4. The molecule has 154 valence electrons. The van der Waals surface area contributed by atoms with E-state index in [0.717, 1.165) is 0 Å². The quantitative estimate of drug-likeness (QED) is 0.395. The molecule has 0 saturated heterocycles. The van der Waals surface area contributed by atoms with E-state index in [1.54, 1.807) is 28.8 Å². The topological polar surface area (TPSA) is 49.2 Å². The maximum absolute atomic E-state index is 12.7. The van der Waals surface area contributed by atoms with Gasteiger partial charge >= 0.3 is 13.0 Å². The van der Waals surface area contributed by atoms with Gasteiger partial charge in [0.1, 0.15) is 23.3 Å². The Labute approximate surface area is 166 Å². The van der Waals surface area contributed by atoms with Crippen LogP contribution in [-0.2, 0) is 0 Å². The number of hydrogen-bond acceptors (Lipinski definition) is 4. The zero-order chi connectivity index (χ0) is 21.3. The van der Waals surface area contributed by atoms with Crippen molar-refractivity contribution < 1.29 is 31.4 Å². The van der Waals surface area contributed by atoms with Crippen molar-refractivity contribution in [3.8, 4) is 28.4 Å². The fourth-order valence-corrected chi connectivity index (χ4v) is 2.95. The number of hydrogen-bond donors (Lipinski definition) is 0. The molecule has 5 nitrogen and oxygen atoms in total. The summed E-state index contributed by atoms with van der Waals surface area (Å²) in [6, 6.07) is 13.1. The number of aromatic nitrogens is 3. The van der Waals surface area contributed by atoms with E-state index in [-0.39, 0.29) is 22.8 Å². The van der Waals surface area contributed by atoms with Crippen LogP contribution in [0.1, 0.15) is 0 Å². The lowest BCUT2D eigenvalue weighted by Crippen LogP contribution is -2.17. The van der Waals surface area contributed by atoms with Crippen LogP contribution in [0.25, 0.3) is 28.0 Å². The molecule has 0 bridgehead atoms. The molecule has 0 radical (unpaired) electrons. The molecule has 4 aromatic rings. The van der Waals surface area contributed by atoms with E-state index < -0.39 is 13.0 Å². The Hall–Kier alpha value is -3.69. The molecule has 0 aliphatic rings. The summed E-state index contributed by atoms with van der Waals surface area (Å²) in [5.74, 6) is -0.379. The van der Waals surface area contributed by atoms with Crippen LogP contribution in [0.5, 0.6) is 11.5 Å². The molecule has 2 aromatic heterocycles. The molecule has 0 N–H and O–H groups in total. The number of alkyl halides is 5. The van der Waals surface area contributed by atoms with Crippen molar-refractivity contribution in [1.29, 1.82) is 0 Å². The van der Waals surface area contributed by atoms with Crippen molar-refractivity contribution in [2.75, 3.05) is 0 Å². The summed E-state index contributed by atoms with van der Waals surface area (Å²) in [6.07, 6.45) is -1.92. The second kappa shape index (κ2) is 7.62. The number of ether oxygens (including phenoxy) is 2. The Morgan fingerprint density at radius 1 is 0.933 bits per heavy atom. The lowest BCUT2D eigenvalue weighted by Gasteiger charge is -2.13. The molecule has 4 rings (SSSR count). The van der Waals surface area contributed by atoms with Crippen LogP contribution < -0.4 is 9.47 Å². The number of benzene rings is 2. The molecule has 0 saturated carbocycles. The third-order valence-electron chi connectivity index (χ3n) is 4.16. The van der Waals surface area contributed by atoms with Gasteiger partial charge in [0.2, 0.25) is 0 Å². The minimum absolute atomic E-state index is 0.00115. The standard InChI is InChI=1S/C20H12F5N3O2/c21-19(22)29-13-7-5-12(6-8-13)28-11-27-16-10-26-15(9-17(16)28)14-3-1-2-4-18(14)30-20(23,24)25/h1-11,19H. The van der Waals surface area contributed by atoms with Gasteiger partial charge in [-0.25, -0.2) is 4.98 Å². The van der Waals surface area contributed by atoms with Gasteiger partial charge in [0, 0.05) is 11.3 Å². The van der Waals surface area contributed by atoms with Crippen molar-refractivity contribution >= 4 is 11.0 Å². The van der Waals surface area contributed by atoms with Crippen LogP contribution in [0.15, 0.2) is 67.1 Å². The average molecular weight is 421 g/mol. The van der Waals surface area contributed by atoms with E-state index in [1.807, 2.05) is 0 Å². The molecule has 0 fully saturated rings. The minimum atomic E-state index is -4.84. The molecule has 10 heteroatoms. The van der Waals surface area contributed by atoms with Crippen LogP contribution in [0.4, 0.5) is 22.0 Å². The van der Waals surface area contributed by atoms with Crippen molar-refractivity contribution in [3.63, 3.8) is 0 Å². The lowest BCUT2D eigenvalue weighted by atomic mass is 10.1. The van der Waals surface area contributed by atoms with Crippen molar-refractivity contribution in [1.82, 2.24) is 14.5 Å². The maximum atomic E-state index is 12.7. The van der Waals surface area contributed by atoms with Gasteiger partial charge < -0.3 is 9.47 Å². The molecule has 0 atom stereocenters. The van der Waals surface area contributed by atoms with Crippen LogP contribution in [0.3, 0.4) is 0 Å². The number of fused-ring (bicyclic) bond motifs is 1. The van der Waals surface area contributed by atoms with Gasteiger partial charge in [0.15, 0.2) is 0 Å². The van der Waals surface area contributed by atoms with Gasteiger partial charge in [-0.3, -0.25) is 9.55 Å². The monoisotopic (exact) mass is 421 g/mol. The Bertz CT molecular complexity index is 1170. The highest BCUT2D eigenvalue weighted by Gasteiger charge is 2.32. The number of para-hydroxylation sites is 1. The van der Waals surface area contributed by atoms with Crippen molar-refractivity contribution in [2.45, 2.75) is 13.0 Å². The van der Waals surface area contributed by atoms with Crippen LogP contribution >= 0.6 is 0 Å². The van der Waals surface area contributed by atoms with Crippen LogP contribution in [0, 0.1) is 0 Å². The average Bonchev–Trinajstić information content (AvgIpc) is 3.10. The molecule has 0 aliphatic carbocycles. The third-order valence-corrected chi connectivity index (χ3v) is 4.16. The molecule has 0 unspecified atom stereocenters. The fourth-order valence-electron chi connectivity index (χ4n) is 2.95. The van der Waals surface area contributed by atoms with Gasteiger partial charge in [-0.2, -0.15) is 8.78 Å².